The van der Waals surface area contributed by atoms with Gasteiger partial charge in [0.05, 0.1) is 18.3 Å². The molecule has 3 aromatic rings. The summed E-state index contributed by atoms with van der Waals surface area (Å²) in [5.74, 6) is 0.111. The number of carbonyl (C=O) groups is 1. The van der Waals surface area contributed by atoms with Gasteiger partial charge < -0.3 is 19.3 Å². The average Bonchev–Trinajstić information content (AvgIpc) is 3.57. The van der Waals surface area contributed by atoms with Gasteiger partial charge in [-0.05, 0) is 57.6 Å². The lowest BCUT2D eigenvalue weighted by Crippen LogP contribution is -2.46. The Morgan fingerprint density at radius 2 is 1.84 bits per heavy atom. The second-order valence-electron chi connectivity index (χ2n) is 10.4. The summed E-state index contributed by atoms with van der Waals surface area (Å²) in [4.78, 5) is 22.4. The van der Waals surface area contributed by atoms with Gasteiger partial charge in [0.1, 0.15) is 11.5 Å². The molecule has 0 amide bonds. The van der Waals surface area contributed by atoms with Crippen molar-refractivity contribution >= 4 is 11.9 Å². The van der Waals surface area contributed by atoms with E-state index in [0.29, 0.717) is 35.8 Å². The molecule has 2 aliphatic heterocycles. The highest BCUT2D eigenvalue weighted by Gasteiger charge is 2.43. The van der Waals surface area contributed by atoms with Crippen molar-refractivity contribution in [1.29, 1.82) is 0 Å². The standard InChI is InChI=1S/C27H27F3N4O4/c1-14-10-22(25(35)36)32-26(31-14)34-16-8-9-17(34)12-18(11-16)37-13-20-23(33-38-24(20)15-6-7-15)19-4-2-3-5-21(19)27(28,29)30/h2-5,10,15-18H,6-9,11-13H2,1H3,(H,35,36)/t16-,17?,18?/m0/s1. The molecule has 2 aromatic heterocycles. The molecule has 6 rings (SSSR count). The predicted molar refractivity (Wildman–Crippen MR) is 130 cm³/mol. The second kappa shape index (κ2) is 9.37. The first-order valence-corrected chi connectivity index (χ1v) is 12.8. The minimum absolute atomic E-state index is 0.00466. The van der Waals surface area contributed by atoms with E-state index in [0.717, 1.165) is 31.7 Å². The fraction of sp³-hybridized carbons (Fsp3) is 0.481. The van der Waals surface area contributed by atoms with Gasteiger partial charge in [-0.25, -0.2) is 14.8 Å². The topological polar surface area (TPSA) is 102 Å². The number of hydrogen-bond acceptors (Lipinski definition) is 7. The Labute approximate surface area is 216 Å². The van der Waals surface area contributed by atoms with Crippen LogP contribution in [0.4, 0.5) is 19.1 Å². The average molecular weight is 529 g/mol. The van der Waals surface area contributed by atoms with Crippen molar-refractivity contribution in [3.8, 4) is 11.3 Å². The van der Waals surface area contributed by atoms with E-state index in [4.69, 9.17) is 9.26 Å². The number of benzene rings is 1. The monoisotopic (exact) mass is 528 g/mol. The van der Waals surface area contributed by atoms with Crippen LogP contribution >= 0.6 is 0 Å². The smallest absolute Gasteiger partial charge is 0.417 e. The third-order valence-corrected chi connectivity index (χ3v) is 7.70. The number of hydrogen-bond donors (Lipinski definition) is 1. The molecule has 2 bridgehead atoms. The maximum absolute atomic E-state index is 13.7. The van der Waals surface area contributed by atoms with E-state index in [1.165, 1.54) is 18.2 Å². The lowest BCUT2D eigenvalue weighted by Gasteiger charge is -2.39. The summed E-state index contributed by atoms with van der Waals surface area (Å²) < 4.78 is 53.2. The highest BCUT2D eigenvalue weighted by molar-refractivity contribution is 5.85. The van der Waals surface area contributed by atoms with E-state index < -0.39 is 17.7 Å². The fourth-order valence-corrected chi connectivity index (χ4v) is 5.85. The summed E-state index contributed by atoms with van der Waals surface area (Å²) in [7, 11) is 0. The van der Waals surface area contributed by atoms with Crippen molar-refractivity contribution in [2.24, 2.45) is 0 Å². The largest absolute Gasteiger partial charge is 0.477 e. The Hall–Kier alpha value is -3.47. The third kappa shape index (κ3) is 4.63. The van der Waals surface area contributed by atoms with Gasteiger partial charge in [0.25, 0.3) is 0 Å². The van der Waals surface area contributed by atoms with Crippen LogP contribution in [-0.2, 0) is 17.5 Å². The zero-order valence-corrected chi connectivity index (χ0v) is 20.7. The van der Waals surface area contributed by atoms with Crippen molar-refractivity contribution in [3.63, 3.8) is 0 Å². The molecule has 1 aliphatic carbocycles. The van der Waals surface area contributed by atoms with Gasteiger partial charge >= 0.3 is 12.1 Å². The summed E-state index contributed by atoms with van der Waals surface area (Å²) in [6.07, 6.45) is 0.408. The second-order valence-corrected chi connectivity index (χ2v) is 10.4. The number of carboxylic acid groups (broad SMARTS) is 1. The van der Waals surface area contributed by atoms with Gasteiger partial charge in [-0.3, -0.25) is 0 Å². The first kappa shape index (κ1) is 24.8. The van der Waals surface area contributed by atoms with Crippen molar-refractivity contribution in [3.05, 3.63) is 58.6 Å². The highest BCUT2D eigenvalue weighted by Crippen LogP contribution is 2.46. The Morgan fingerprint density at radius 3 is 2.50 bits per heavy atom. The molecule has 2 saturated heterocycles. The molecular formula is C27H27F3N4O4. The number of aromatic nitrogens is 3. The van der Waals surface area contributed by atoms with Crippen LogP contribution in [0.1, 0.15) is 77.5 Å². The number of ether oxygens (including phenoxy) is 1. The molecule has 1 N–H and O–H groups in total. The molecule has 200 valence electrons. The van der Waals surface area contributed by atoms with Crippen LogP contribution < -0.4 is 4.90 Å². The highest BCUT2D eigenvalue weighted by atomic mass is 19.4. The van der Waals surface area contributed by atoms with Gasteiger partial charge in [0.15, 0.2) is 5.69 Å². The molecule has 3 fully saturated rings. The van der Waals surface area contributed by atoms with Crippen molar-refractivity contribution < 1.29 is 32.3 Å². The summed E-state index contributed by atoms with van der Waals surface area (Å²) in [5, 5.41) is 13.5. The number of carboxylic acids is 1. The van der Waals surface area contributed by atoms with Gasteiger partial charge in [-0.2, -0.15) is 13.2 Å². The number of piperidine rings is 1. The maximum Gasteiger partial charge on any atom is 0.417 e. The zero-order chi connectivity index (χ0) is 26.6. The number of rotatable bonds is 7. The Bertz CT molecular complexity index is 1360. The lowest BCUT2D eigenvalue weighted by atomic mass is 9.98. The number of anilines is 1. The zero-order valence-electron chi connectivity index (χ0n) is 20.7. The van der Waals surface area contributed by atoms with Crippen molar-refractivity contribution in [2.45, 2.75) is 82.3 Å². The minimum atomic E-state index is -4.52. The lowest BCUT2D eigenvalue weighted by molar-refractivity contribution is -0.137. The molecule has 1 aromatic carbocycles. The number of alkyl halides is 3. The van der Waals surface area contributed by atoms with Crippen LogP contribution in [0.2, 0.25) is 0 Å². The van der Waals surface area contributed by atoms with Crippen molar-refractivity contribution in [2.75, 3.05) is 4.90 Å². The van der Waals surface area contributed by atoms with Crippen LogP contribution in [-0.4, -0.2) is 44.4 Å². The summed E-state index contributed by atoms with van der Waals surface area (Å²) in [6.45, 7) is 1.87. The summed E-state index contributed by atoms with van der Waals surface area (Å²) >= 11 is 0. The number of fused-ring (bicyclic) bond motifs is 2. The summed E-state index contributed by atoms with van der Waals surface area (Å²) in [5.41, 5.74) is 0.590. The van der Waals surface area contributed by atoms with E-state index in [9.17, 15) is 23.1 Å². The Kier molecular flexibility index (Phi) is 6.13. The molecule has 1 saturated carbocycles. The Balaban J connectivity index is 1.22. The van der Waals surface area contributed by atoms with Crippen molar-refractivity contribution in [1.82, 2.24) is 15.1 Å². The first-order chi connectivity index (χ1) is 18.2. The number of nitrogens with zero attached hydrogens (tertiary/aromatic N) is 4. The van der Waals surface area contributed by atoms with Gasteiger partial charge in [0.2, 0.25) is 5.95 Å². The van der Waals surface area contributed by atoms with Gasteiger partial charge in [0, 0.05) is 34.8 Å². The minimum Gasteiger partial charge on any atom is -0.477 e. The molecule has 2 unspecified atom stereocenters. The Morgan fingerprint density at radius 1 is 1.13 bits per heavy atom. The third-order valence-electron chi connectivity index (χ3n) is 7.70. The molecule has 0 radical (unpaired) electrons. The van der Waals surface area contributed by atoms with Crippen LogP contribution in [0.15, 0.2) is 34.9 Å². The van der Waals surface area contributed by atoms with E-state index in [-0.39, 0.29) is 47.7 Å². The fourth-order valence-electron chi connectivity index (χ4n) is 5.85. The number of aromatic carboxylic acids is 1. The SMILES string of the molecule is Cc1cc(C(=O)O)nc(N2C3CC[C@H]2CC(OCc2c(-c4ccccc4C(F)(F)F)noc2C2CC2)C3)n1. The first-order valence-electron chi connectivity index (χ1n) is 12.8. The molecule has 3 atom stereocenters. The van der Waals surface area contributed by atoms with E-state index in [2.05, 4.69) is 20.0 Å². The summed E-state index contributed by atoms with van der Waals surface area (Å²) in [6, 6.07) is 7.06. The normalized spacial score (nSPS) is 23.2. The molecule has 4 heterocycles. The maximum atomic E-state index is 13.7. The molecule has 11 heteroatoms. The van der Waals surface area contributed by atoms with Crippen LogP contribution in [0, 0.1) is 6.92 Å². The quantitative estimate of drug-likeness (QED) is 0.414. The molecule has 0 spiro atoms. The molecule has 38 heavy (non-hydrogen) atoms. The van der Waals surface area contributed by atoms with E-state index in [1.807, 2.05) is 0 Å². The van der Waals surface area contributed by atoms with E-state index in [1.54, 1.807) is 13.0 Å². The van der Waals surface area contributed by atoms with Crippen LogP contribution in [0.3, 0.4) is 0 Å². The van der Waals surface area contributed by atoms with Crippen LogP contribution in [0.5, 0.6) is 0 Å². The van der Waals surface area contributed by atoms with Crippen LogP contribution in [0.25, 0.3) is 11.3 Å². The predicted octanol–water partition coefficient (Wildman–Crippen LogP) is 5.75. The van der Waals surface area contributed by atoms with Gasteiger partial charge in [-0.1, -0.05) is 23.4 Å². The number of halogens is 3. The molecule has 3 aliphatic rings. The molecule has 8 nitrogen and oxygen atoms in total. The van der Waals surface area contributed by atoms with Gasteiger partial charge in [-0.15, -0.1) is 0 Å². The molecular weight excluding hydrogens is 501 g/mol. The van der Waals surface area contributed by atoms with E-state index >= 15 is 0 Å². The number of aryl methyl sites for hydroxylation is 1.